The van der Waals surface area contributed by atoms with Crippen molar-refractivity contribution in [3.8, 4) is 0 Å². The summed E-state index contributed by atoms with van der Waals surface area (Å²) in [4.78, 5) is 9.23. The molecule has 27 heavy (non-hydrogen) atoms. The third-order valence-electron chi connectivity index (χ3n) is 4.74. The Morgan fingerprint density at radius 2 is 1.74 bits per heavy atom. The summed E-state index contributed by atoms with van der Waals surface area (Å²) in [5.74, 6) is 0.913. The van der Waals surface area contributed by atoms with Gasteiger partial charge in [0.15, 0.2) is 0 Å². The van der Waals surface area contributed by atoms with Gasteiger partial charge in [0.05, 0.1) is 16.7 Å². The first-order valence-corrected chi connectivity index (χ1v) is 9.29. The molecule has 4 rings (SSSR count). The van der Waals surface area contributed by atoms with Gasteiger partial charge in [-0.05, 0) is 79.1 Å². The number of aromatic nitrogens is 3. The van der Waals surface area contributed by atoms with Gasteiger partial charge in [0.1, 0.15) is 5.82 Å². The lowest BCUT2D eigenvalue weighted by molar-refractivity contribution is 0.813. The van der Waals surface area contributed by atoms with E-state index >= 15 is 0 Å². The molecule has 0 saturated carbocycles. The zero-order valence-electron chi connectivity index (χ0n) is 15.4. The Morgan fingerprint density at radius 3 is 2.48 bits per heavy atom. The fourth-order valence-corrected chi connectivity index (χ4v) is 3.22. The molecule has 3 nitrogen and oxygen atoms in total. The summed E-state index contributed by atoms with van der Waals surface area (Å²) >= 11 is 6.04. The molecule has 4 heteroatoms. The number of rotatable bonds is 4. The predicted octanol–water partition coefficient (Wildman–Crippen LogP) is 5.92. The Morgan fingerprint density at radius 1 is 0.963 bits per heavy atom. The van der Waals surface area contributed by atoms with Crippen LogP contribution in [0.15, 0.2) is 60.8 Å². The fraction of sp³-hybridized carbons (Fsp3) is 0.130. The van der Waals surface area contributed by atoms with E-state index in [1.165, 1.54) is 16.7 Å². The Bertz CT molecular complexity index is 1110. The Labute approximate surface area is 164 Å². The van der Waals surface area contributed by atoms with Gasteiger partial charge in [0.25, 0.3) is 0 Å². The molecule has 0 fully saturated rings. The molecule has 4 aromatic rings. The monoisotopic (exact) mass is 373 g/mol. The molecule has 0 amide bonds. The molecule has 0 atom stereocenters. The Balaban J connectivity index is 1.81. The number of benzene rings is 2. The van der Waals surface area contributed by atoms with Gasteiger partial charge in [-0.3, -0.25) is 4.98 Å². The van der Waals surface area contributed by atoms with Crippen LogP contribution >= 0.6 is 11.6 Å². The van der Waals surface area contributed by atoms with Crippen LogP contribution in [0.25, 0.3) is 23.2 Å². The van der Waals surface area contributed by atoms with Crippen LogP contribution in [-0.4, -0.2) is 14.5 Å². The van der Waals surface area contributed by atoms with E-state index in [4.69, 9.17) is 16.6 Å². The zero-order valence-corrected chi connectivity index (χ0v) is 16.1. The van der Waals surface area contributed by atoms with Crippen molar-refractivity contribution in [2.45, 2.75) is 20.4 Å². The van der Waals surface area contributed by atoms with Crippen molar-refractivity contribution in [3.63, 3.8) is 0 Å². The highest BCUT2D eigenvalue weighted by Crippen LogP contribution is 2.23. The maximum absolute atomic E-state index is 6.04. The van der Waals surface area contributed by atoms with Gasteiger partial charge in [-0.15, -0.1) is 0 Å². The van der Waals surface area contributed by atoms with Crippen LogP contribution in [0.2, 0.25) is 5.02 Å². The van der Waals surface area contributed by atoms with Crippen LogP contribution in [0.1, 0.15) is 28.2 Å². The minimum Gasteiger partial charge on any atom is -0.320 e. The first kappa shape index (κ1) is 17.5. The van der Waals surface area contributed by atoms with Gasteiger partial charge in [0.2, 0.25) is 0 Å². The second kappa shape index (κ2) is 7.37. The third-order valence-corrected chi connectivity index (χ3v) is 4.99. The van der Waals surface area contributed by atoms with Crippen LogP contribution in [0, 0.1) is 13.8 Å². The van der Waals surface area contributed by atoms with Gasteiger partial charge in [-0.2, -0.15) is 0 Å². The Hall–Kier alpha value is -2.91. The number of fused-ring (bicyclic) bond motifs is 1. The largest absolute Gasteiger partial charge is 0.320 e. The summed E-state index contributed by atoms with van der Waals surface area (Å²) in [5.41, 5.74) is 6.75. The van der Waals surface area contributed by atoms with Crippen LogP contribution in [-0.2, 0) is 6.54 Å². The van der Waals surface area contributed by atoms with Crippen LogP contribution in [0.3, 0.4) is 0 Å². The van der Waals surface area contributed by atoms with Crippen molar-refractivity contribution in [1.29, 1.82) is 0 Å². The average molecular weight is 374 g/mol. The van der Waals surface area contributed by atoms with Gasteiger partial charge in [-0.25, -0.2) is 4.98 Å². The van der Waals surface area contributed by atoms with E-state index in [0.717, 1.165) is 34.1 Å². The number of nitrogens with zero attached hydrogens (tertiary/aromatic N) is 3. The van der Waals surface area contributed by atoms with Crippen molar-refractivity contribution >= 4 is 34.8 Å². The molecule has 0 spiro atoms. The molecule has 0 unspecified atom stereocenters. The minimum atomic E-state index is 0.734. The average Bonchev–Trinajstić information content (AvgIpc) is 2.99. The first-order chi connectivity index (χ1) is 13.1. The lowest BCUT2D eigenvalue weighted by Gasteiger charge is -2.09. The minimum absolute atomic E-state index is 0.734. The molecular weight excluding hydrogens is 354 g/mol. The summed E-state index contributed by atoms with van der Waals surface area (Å²) < 4.78 is 2.24. The standard InChI is InChI=1S/C23H20ClN3/c1-16-13-21-22(14-17(16)2)27(15-18-6-8-19(24)9-7-18)23(26-21)11-10-20-5-3-4-12-25-20/h3-14H,15H2,1-2H3. The van der Waals surface area contributed by atoms with E-state index < -0.39 is 0 Å². The van der Waals surface area contributed by atoms with E-state index in [1.54, 1.807) is 6.20 Å². The molecule has 0 saturated heterocycles. The predicted molar refractivity (Wildman–Crippen MR) is 113 cm³/mol. The smallest absolute Gasteiger partial charge is 0.134 e. The highest BCUT2D eigenvalue weighted by atomic mass is 35.5. The topological polar surface area (TPSA) is 30.7 Å². The van der Waals surface area contributed by atoms with E-state index in [0.29, 0.717) is 0 Å². The van der Waals surface area contributed by atoms with E-state index in [9.17, 15) is 0 Å². The molecule has 2 aromatic heterocycles. The maximum atomic E-state index is 6.04. The van der Waals surface area contributed by atoms with Gasteiger partial charge >= 0.3 is 0 Å². The van der Waals surface area contributed by atoms with E-state index in [1.807, 2.05) is 42.5 Å². The number of pyridine rings is 1. The SMILES string of the molecule is Cc1cc2nc(C=Cc3ccccn3)n(Cc3ccc(Cl)cc3)c2cc1C. The van der Waals surface area contributed by atoms with Crippen LogP contribution in [0.4, 0.5) is 0 Å². The molecule has 0 aliphatic rings. The fourth-order valence-electron chi connectivity index (χ4n) is 3.10. The zero-order chi connectivity index (χ0) is 18.8. The normalized spacial score (nSPS) is 11.5. The lowest BCUT2D eigenvalue weighted by Crippen LogP contribution is -2.02. The number of halogens is 1. The molecule has 0 bridgehead atoms. The van der Waals surface area contributed by atoms with Crippen molar-refractivity contribution in [2.75, 3.05) is 0 Å². The van der Waals surface area contributed by atoms with Crippen molar-refractivity contribution in [1.82, 2.24) is 14.5 Å². The third kappa shape index (κ3) is 3.79. The molecule has 0 N–H and O–H groups in total. The lowest BCUT2D eigenvalue weighted by atomic mass is 10.1. The van der Waals surface area contributed by atoms with Gasteiger partial charge in [0, 0.05) is 17.8 Å². The van der Waals surface area contributed by atoms with Gasteiger partial charge in [-0.1, -0.05) is 29.8 Å². The second-order valence-electron chi connectivity index (χ2n) is 6.70. The van der Waals surface area contributed by atoms with Crippen LogP contribution in [0.5, 0.6) is 0 Å². The van der Waals surface area contributed by atoms with E-state index in [2.05, 4.69) is 47.7 Å². The Kier molecular flexibility index (Phi) is 4.78. The second-order valence-corrected chi connectivity index (χ2v) is 7.13. The molecule has 0 radical (unpaired) electrons. The highest BCUT2D eigenvalue weighted by Gasteiger charge is 2.11. The summed E-state index contributed by atoms with van der Waals surface area (Å²) in [7, 11) is 0. The number of aryl methyl sites for hydroxylation is 2. The summed E-state index contributed by atoms with van der Waals surface area (Å²) in [6, 6.07) is 18.2. The molecule has 0 aliphatic carbocycles. The summed E-state index contributed by atoms with van der Waals surface area (Å²) in [6.07, 6.45) is 5.82. The van der Waals surface area contributed by atoms with Crippen molar-refractivity contribution < 1.29 is 0 Å². The molecule has 2 heterocycles. The van der Waals surface area contributed by atoms with Crippen molar-refractivity contribution in [2.24, 2.45) is 0 Å². The summed E-state index contributed by atoms with van der Waals surface area (Å²) in [5, 5.41) is 0.746. The maximum Gasteiger partial charge on any atom is 0.134 e. The first-order valence-electron chi connectivity index (χ1n) is 8.91. The van der Waals surface area contributed by atoms with Gasteiger partial charge < -0.3 is 4.57 Å². The number of hydrogen-bond acceptors (Lipinski definition) is 2. The molecule has 0 aliphatic heterocycles. The number of hydrogen-bond donors (Lipinski definition) is 0. The summed E-state index contributed by atoms with van der Waals surface area (Å²) in [6.45, 7) is 4.99. The van der Waals surface area contributed by atoms with Crippen LogP contribution < -0.4 is 0 Å². The van der Waals surface area contributed by atoms with E-state index in [-0.39, 0.29) is 0 Å². The van der Waals surface area contributed by atoms with Crippen molar-refractivity contribution in [3.05, 3.63) is 94.0 Å². The molecule has 134 valence electrons. The quantitative estimate of drug-likeness (QED) is 0.444. The molecule has 2 aromatic carbocycles. The molecular formula is C23H20ClN3. The highest BCUT2D eigenvalue weighted by molar-refractivity contribution is 6.30. The number of imidazole rings is 1.